The van der Waals surface area contributed by atoms with E-state index in [1.807, 2.05) is 5.43 Å². The predicted octanol–water partition coefficient (Wildman–Crippen LogP) is 1.78. The highest BCUT2D eigenvalue weighted by Gasteiger charge is 2.53. The summed E-state index contributed by atoms with van der Waals surface area (Å²) in [6.45, 7) is 0. The largest absolute Gasteiger partial charge is 0.393 e. The molecule has 0 bridgehead atoms. The first-order chi connectivity index (χ1) is 9.05. The third-order valence-electron chi connectivity index (χ3n) is 2.24. The number of nitrogens with two attached hydrogens (primary N) is 1. The van der Waals surface area contributed by atoms with Crippen LogP contribution in [0.2, 0.25) is 0 Å². The summed E-state index contributed by atoms with van der Waals surface area (Å²) in [5.41, 5.74) is -2.78. The zero-order chi connectivity index (χ0) is 15.7. The van der Waals surface area contributed by atoms with E-state index < -0.39 is 36.2 Å². The number of benzene rings is 1. The molecule has 112 valence electrons. The number of anilines is 1. The van der Waals surface area contributed by atoms with Gasteiger partial charge in [0.2, 0.25) is 9.84 Å². The van der Waals surface area contributed by atoms with E-state index in [0.29, 0.717) is 12.1 Å². The molecule has 1 aromatic carbocycles. The minimum atomic E-state index is -5.53. The molecule has 3 N–H and O–H groups in total. The van der Waals surface area contributed by atoms with Crippen molar-refractivity contribution in [2.24, 2.45) is 5.84 Å². The van der Waals surface area contributed by atoms with Crippen LogP contribution in [0.4, 0.5) is 24.5 Å². The van der Waals surface area contributed by atoms with Crippen molar-refractivity contribution in [3.8, 4) is 0 Å². The number of nitro groups is 1. The second-order valence-electron chi connectivity index (χ2n) is 3.45. The maximum absolute atomic E-state index is 13.2. The summed E-state index contributed by atoms with van der Waals surface area (Å²) in [6.07, 6.45) is 0. The van der Waals surface area contributed by atoms with Crippen molar-refractivity contribution < 1.29 is 26.5 Å². The molecule has 0 saturated heterocycles. The van der Waals surface area contributed by atoms with Crippen LogP contribution in [0.3, 0.4) is 0 Å². The molecule has 0 aliphatic rings. The van der Waals surface area contributed by atoms with Gasteiger partial charge < -0.3 is 5.43 Å². The Bertz CT molecular complexity index is 638. The van der Waals surface area contributed by atoms with Crippen LogP contribution in [0.15, 0.2) is 23.1 Å². The molecule has 20 heavy (non-hydrogen) atoms. The van der Waals surface area contributed by atoms with Gasteiger partial charge in [-0.2, -0.15) is 8.78 Å². The van der Waals surface area contributed by atoms with E-state index in [2.05, 4.69) is 11.6 Å². The number of halogens is 4. The third-order valence-corrected chi connectivity index (χ3v) is 4.45. The third kappa shape index (κ3) is 2.64. The van der Waals surface area contributed by atoms with Gasteiger partial charge in [0, 0.05) is 6.07 Å². The number of alkyl halides is 4. The van der Waals surface area contributed by atoms with Crippen molar-refractivity contribution in [1.29, 1.82) is 0 Å². The zero-order valence-electron chi connectivity index (χ0n) is 9.39. The Morgan fingerprint density at radius 3 is 2.40 bits per heavy atom. The molecule has 0 spiro atoms. The Morgan fingerprint density at radius 1 is 1.45 bits per heavy atom. The smallest absolute Gasteiger partial charge is 0.318 e. The minimum Gasteiger partial charge on any atom is -0.318 e. The molecule has 7 nitrogen and oxygen atoms in total. The molecule has 12 heteroatoms. The lowest BCUT2D eigenvalue weighted by Crippen LogP contribution is -2.36. The van der Waals surface area contributed by atoms with Crippen LogP contribution in [0, 0.1) is 10.1 Å². The fourth-order valence-electron chi connectivity index (χ4n) is 1.23. The summed E-state index contributed by atoms with van der Waals surface area (Å²) in [4.78, 5) is 8.47. The van der Waals surface area contributed by atoms with E-state index >= 15 is 0 Å². The summed E-state index contributed by atoms with van der Waals surface area (Å²) in [7, 11) is -5.53. The van der Waals surface area contributed by atoms with Gasteiger partial charge in [-0.25, -0.2) is 12.8 Å². The average molecular weight is 334 g/mol. The van der Waals surface area contributed by atoms with Crippen molar-refractivity contribution in [3.05, 3.63) is 28.3 Å². The maximum atomic E-state index is 13.2. The summed E-state index contributed by atoms with van der Waals surface area (Å²) < 4.78 is 62.0. The lowest BCUT2D eigenvalue weighted by molar-refractivity contribution is -0.384. The number of nitrogens with zero attached hydrogens (tertiary/aromatic N) is 1. The fourth-order valence-corrected chi connectivity index (χ4v) is 2.64. The van der Waals surface area contributed by atoms with Crippen LogP contribution in [-0.4, -0.2) is 24.2 Å². The number of hydrogen-bond acceptors (Lipinski definition) is 6. The van der Waals surface area contributed by atoms with Gasteiger partial charge >= 0.3 is 5.25 Å². The van der Waals surface area contributed by atoms with Gasteiger partial charge in [0.05, 0.1) is 9.82 Å². The van der Waals surface area contributed by atoms with Crippen LogP contribution in [0.5, 0.6) is 0 Å². The molecule has 0 radical (unpaired) electrons. The highest BCUT2D eigenvalue weighted by atomic mass is 35.5. The van der Waals surface area contributed by atoms with Crippen LogP contribution in [0.1, 0.15) is 0 Å². The maximum Gasteiger partial charge on any atom is 0.393 e. The molecular weight excluding hydrogens is 327 g/mol. The second kappa shape index (κ2) is 5.42. The molecule has 1 atom stereocenters. The van der Waals surface area contributed by atoms with Crippen molar-refractivity contribution in [2.75, 3.05) is 5.43 Å². The lowest BCUT2D eigenvalue weighted by Gasteiger charge is -2.16. The Morgan fingerprint density at radius 2 is 2.00 bits per heavy atom. The number of nitrogen functional groups attached to an aromatic ring is 1. The van der Waals surface area contributed by atoms with Crippen molar-refractivity contribution in [1.82, 2.24) is 0 Å². The van der Waals surface area contributed by atoms with E-state index in [0.717, 1.165) is 6.07 Å². The molecule has 0 aliphatic carbocycles. The van der Waals surface area contributed by atoms with Gasteiger partial charge in [-0.05, 0) is 12.1 Å². The number of nitro benzene ring substituents is 1. The van der Waals surface area contributed by atoms with E-state index in [1.165, 1.54) is 0 Å². The van der Waals surface area contributed by atoms with Crippen LogP contribution >= 0.6 is 11.6 Å². The summed E-state index contributed by atoms with van der Waals surface area (Å²) in [6, 6.07) is 1.74. The number of sulfone groups is 1. The highest BCUT2D eigenvalue weighted by molar-refractivity contribution is 7.92. The fraction of sp³-hybridized carbons (Fsp3) is 0.250. The molecule has 0 saturated carbocycles. The molecular formula is C8H7ClF3N3O4S. The lowest BCUT2D eigenvalue weighted by atomic mass is 10.3. The Kier molecular flexibility index (Phi) is 4.46. The van der Waals surface area contributed by atoms with Gasteiger partial charge in [-0.3, -0.25) is 16.0 Å². The van der Waals surface area contributed by atoms with Gasteiger partial charge in [-0.1, -0.05) is 11.6 Å². The highest BCUT2D eigenvalue weighted by Crippen LogP contribution is 2.37. The van der Waals surface area contributed by atoms with Gasteiger partial charge in [0.1, 0.15) is 5.69 Å². The molecule has 0 heterocycles. The Labute approximate surface area is 115 Å². The number of hydrogen-bond donors (Lipinski definition) is 2. The molecule has 0 amide bonds. The second-order valence-corrected chi connectivity index (χ2v) is 5.85. The number of rotatable bonds is 5. The monoisotopic (exact) mass is 333 g/mol. The van der Waals surface area contributed by atoms with Gasteiger partial charge in [-0.15, -0.1) is 0 Å². The van der Waals surface area contributed by atoms with E-state index in [4.69, 9.17) is 5.84 Å². The zero-order valence-corrected chi connectivity index (χ0v) is 11.0. The number of hydrazine groups is 1. The summed E-state index contributed by atoms with van der Waals surface area (Å²) in [5, 5.41) is 5.74. The van der Waals surface area contributed by atoms with Gasteiger partial charge in [0.15, 0.2) is 0 Å². The quantitative estimate of drug-likeness (QED) is 0.367. The standard InChI is InChI=1S/C8H7ClF3N3O4S/c9-7(10)8(11,12)20(18,19)4-1-2-5(14-13)6(3-4)15(16)17/h1-3,7,14H,13H2. The SMILES string of the molecule is NNc1ccc(S(=O)(=O)C(F)(F)C(F)Cl)cc1[N+](=O)[O-]. The van der Waals surface area contributed by atoms with Crippen molar-refractivity contribution in [2.45, 2.75) is 15.8 Å². The van der Waals surface area contributed by atoms with E-state index in [1.54, 1.807) is 0 Å². The Hall–Kier alpha value is -1.59. The Balaban J connectivity index is 3.49. The van der Waals surface area contributed by atoms with Crippen LogP contribution in [-0.2, 0) is 9.84 Å². The summed E-state index contributed by atoms with van der Waals surface area (Å²) >= 11 is 4.50. The van der Waals surface area contributed by atoms with Crippen molar-refractivity contribution in [3.63, 3.8) is 0 Å². The minimum absolute atomic E-state index is 0.306. The molecule has 1 rings (SSSR count). The average Bonchev–Trinajstić information content (AvgIpc) is 2.37. The first-order valence-electron chi connectivity index (χ1n) is 4.71. The summed E-state index contributed by atoms with van der Waals surface area (Å²) in [5.74, 6) is 4.95. The van der Waals surface area contributed by atoms with Crippen LogP contribution < -0.4 is 11.3 Å². The van der Waals surface area contributed by atoms with E-state index in [9.17, 15) is 31.7 Å². The predicted molar refractivity (Wildman–Crippen MR) is 63.8 cm³/mol. The first kappa shape index (κ1) is 16.5. The van der Waals surface area contributed by atoms with E-state index in [-0.39, 0.29) is 5.69 Å². The van der Waals surface area contributed by atoms with Crippen molar-refractivity contribution >= 4 is 32.8 Å². The normalized spacial score (nSPS) is 13.8. The van der Waals surface area contributed by atoms with Crippen LogP contribution in [0.25, 0.3) is 0 Å². The number of nitrogens with one attached hydrogen (secondary N) is 1. The molecule has 0 fully saturated rings. The molecule has 0 aromatic heterocycles. The van der Waals surface area contributed by atoms with Gasteiger partial charge in [0.25, 0.3) is 11.3 Å². The molecule has 0 aliphatic heterocycles. The topological polar surface area (TPSA) is 115 Å². The molecule has 1 unspecified atom stereocenters. The first-order valence-corrected chi connectivity index (χ1v) is 6.63. The molecule has 1 aromatic rings.